The molecule has 0 radical (unpaired) electrons. The standard InChI is InChI=1S/C19H23N3OS.C17H18N2O3S/c1-14(2)12-22(3)18-9-6-10-20-17(18)13-24(23)19-11-15-7-4-5-8-16(15)21-19;1-11-3-4-12-8-17(19-14(12)7-11)23(21)10-15-13(9-20)16(22-2)5-6-18-15/h4-10,14H,11-13H2,1-3H3;3-7,20H,8-10H2,1-2H3. The Labute approximate surface area is 281 Å². The molecule has 1 N–H and O–H groups in total. The summed E-state index contributed by atoms with van der Waals surface area (Å²) in [6.07, 6.45) is 4.64. The van der Waals surface area contributed by atoms with E-state index in [0.717, 1.165) is 51.0 Å². The summed E-state index contributed by atoms with van der Waals surface area (Å²) in [7, 11) is 1.17. The van der Waals surface area contributed by atoms with Crippen LogP contribution in [0.3, 0.4) is 0 Å². The van der Waals surface area contributed by atoms with E-state index in [4.69, 9.17) is 4.74 Å². The smallest absolute Gasteiger partial charge is 0.127 e. The van der Waals surface area contributed by atoms with Gasteiger partial charge in [0.1, 0.15) is 15.8 Å². The normalized spacial score (nSPS) is 14.4. The molecule has 0 aliphatic carbocycles. The second kappa shape index (κ2) is 15.7. The first-order valence-corrected chi connectivity index (χ1v) is 18.2. The molecule has 0 amide bonds. The highest BCUT2D eigenvalue weighted by Gasteiger charge is 2.23. The number of rotatable bonds is 9. The SMILES string of the molecule is CC(C)CN(C)c1cccnc1CS(=O)C1=Nc2ccccc2C1.COc1ccnc(CS(=O)C2=Nc3cc(C)ccc3C2)c1CO. The summed E-state index contributed by atoms with van der Waals surface area (Å²) in [6.45, 7) is 7.13. The van der Waals surface area contributed by atoms with Crippen molar-refractivity contribution in [2.24, 2.45) is 15.9 Å². The number of aliphatic hydroxyl groups excluding tert-OH is 1. The topological polar surface area (TPSA) is 117 Å². The first-order valence-electron chi connectivity index (χ1n) is 15.5. The second-order valence-electron chi connectivity index (χ2n) is 11.9. The number of aliphatic imine (C=N–C) groups is 2. The van der Waals surface area contributed by atoms with Crippen LogP contribution in [0.5, 0.6) is 5.75 Å². The monoisotopic (exact) mass is 671 g/mol. The molecule has 47 heavy (non-hydrogen) atoms. The fraction of sp³-hybridized carbons (Fsp3) is 0.333. The third-order valence-electron chi connectivity index (χ3n) is 7.86. The van der Waals surface area contributed by atoms with Crippen LogP contribution in [-0.4, -0.2) is 54.3 Å². The Kier molecular flexibility index (Phi) is 11.4. The average molecular weight is 672 g/mol. The molecule has 9 nitrogen and oxygen atoms in total. The van der Waals surface area contributed by atoms with Gasteiger partial charge < -0.3 is 14.7 Å². The molecule has 0 spiro atoms. The van der Waals surface area contributed by atoms with Gasteiger partial charge in [0.15, 0.2) is 0 Å². The quantitative estimate of drug-likeness (QED) is 0.227. The molecule has 2 unspecified atom stereocenters. The Morgan fingerprint density at radius 2 is 1.51 bits per heavy atom. The average Bonchev–Trinajstić information content (AvgIpc) is 3.69. The number of nitrogens with zero attached hydrogens (tertiary/aromatic N) is 5. The fourth-order valence-corrected chi connectivity index (χ4v) is 7.92. The summed E-state index contributed by atoms with van der Waals surface area (Å²) in [5.74, 6) is 1.74. The third kappa shape index (κ3) is 8.46. The molecule has 4 aromatic rings. The molecule has 0 bridgehead atoms. The van der Waals surface area contributed by atoms with Gasteiger partial charge in [-0.2, -0.15) is 0 Å². The van der Waals surface area contributed by atoms with Gasteiger partial charge in [-0.1, -0.05) is 44.2 Å². The van der Waals surface area contributed by atoms with E-state index < -0.39 is 21.6 Å². The summed E-state index contributed by atoms with van der Waals surface area (Å²) in [6, 6.07) is 19.7. The van der Waals surface area contributed by atoms with E-state index in [2.05, 4.69) is 45.7 Å². The van der Waals surface area contributed by atoms with Gasteiger partial charge in [-0.05, 0) is 59.9 Å². The Bertz CT molecular complexity index is 1860. The Hall–Kier alpha value is -4.06. The zero-order chi connectivity index (χ0) is 33.5. The van der Waals surface area contributed by atoms with Crippen LogP contribution >= 0.6 is 0 Å². The lowest BCUT2D eigenvalue weighted by atomic mass is 10.1. The predicted molar refractivity (Wildman–Crippen MR) is 192 cm³/mol. The lowest BCUT2D eigenvalue weighted by Crippen LogP contribution is -2.24. The molecule has 0 fully saturated rings. The van der Waals surface area contributed by atoms with Crippen LogP contribution < -0.4 is 9.64 Å². The van der Waals surface area contributed by atoms with Gasteiger partial charge in [0, 0.05) is 44.4 Å². The predicted octanol–water partition coefficient (Wildman–Crippen LogP) is 6.13. The third-order valence-corrected chi connectivity index (χ3v) is 10.5. The van der Waals surface area contributed by atoms with E-state index in [-0.39, 0.29) is 12.4 Å². The van der Waals surface area contributed by atoms with E-state index in [1.165, 1.54) is 7.11 Å². The minimum atomic E-state index is -1.28. The highest BCUT2D eigenvalue weighted by Crippen LogP contribution is 2.31. The number of aliphatic hydroxyl groups is 1. The number of aryl methyl sites for hydroxylation is 1. The molecule has 2 aliphatic rings. The van der Waals surface area contributed by atoms with Gasteiger partial charge in [0.25, 0.3) is 0 Å². The van der Waals surface area contributed by atoms with Crippen molar-refractivity contribution >= 4 is 48.7 Å². The number of pyridine rings is 2. The number of benzene rings is 2. The number of ether oxygens (including phenoxy) is 1. The Balaban J connectivity index is 0.000000185. The summed E-state index contributed by atoms with van der Waals surface area (Å²) < 4.78 is 30.7. The van der Waals surface area contributed by atoms with Crippen LogP contribution in [0, 0.1) is 12.8 Å². The van der Waals surface area contributed by atoms with Crippen LogP contribution in [0.25, 0.3) is 0 Å². The minimum Gasteiger partial charge on any atom is -0.496 e. The van der Waals surface area contributed by atoms with Crippen molar-refractivity contribution in [2.45, 2.75) is 51.7 Å². The maximum Gasteiger partial charge on any atom is 0.127 e. The molecule has 2 aromatic carbocycles. The maximum atomic E-state index is 12.8. The van der Waals surface area contributed by atoms with E-state index in [1.54, 1.807) is 18.5 Å². The second-order valence-corrected chi connectivity index (χ2v) is 14.8. The van der Waals surface area contributed by atoms with Gasteiger partial charge in [0.05, 0.1) is 75.3 Å². The number of aromatic nitrogens is 2. The highest BCUT2D eigenvalue weighted by molar-refractivity contribution is 8.00. The summed E-state index contributed by atoms with van der Waals surface area (Å²) in [4.78, 5) is 20.0. The van der Waals surface area contributed by atoms with Crippen molar-refractivity contribution in [2.75, 3.05) is 25.6 Å². The zero-order valence-electron chi connectivity index (χ0n) is 27.5. The maximum absolute atomic E-state index is 12.8. The zero-order valence-corrected chi connectivity index (χ0v) is 29.1. The number of hydrogen-bond donors (Lipinski definition) is 1. The van der Waals surface area contributed by atoms with E-state index >= 15 is 0 Å². The number of fused-ring (bicyclic) bond motifs is 2. The minimum absolute atomic E-state index is 0.199. The van der Waals surface area contributed by atoms with Crippen LogP contribution in [0.2, 0.25) is 0 Å². The first kappa shape index (κ1) is 34.3. The number of para-hydroxylation sites is 1. The van der Waals surface area contributed by atoms with Crippen molar-refractivity contribution in [3.05, 3.63) is 107 Å². The molecule has 246 valence electrons. The molecule has 0 saturated heterocycles. The van der Waals surface area contributed by atoms with Crippen molar-refractivity contribution in [3.8, 4) is 5.75 Å². The molecule has 4 heterocycles. The van der Waals surface area contributed by atoms with Gasteiger partial charge in [-0.15, -0.1) is 0 Å². The number of methoxy groups -OCH3 is 1. The van der Waals surface area contributed by atoms with Crippen LogP contribution in [0.15, 0.2) is 83.0 Å². The Morgan fingerprint density at radius 1 is 0.851 bits per heavy atom. The van der Waals surface area contributed by atoms with Gasteiger partial charge in [-0.25, -0.2) is 9.98 Å². The lowest BCUT2D eigenvalue weighted by molar-refractivity contribution is 0.272. The van der Waals surface area contributed by atoms with Gasteiger partial charge in [0.2, 0.25) is 0 Å². The molecule has 2 aromatic heterocycles. The fourth-order valence-electron chi connectivity index (χ4n) is 5.58. The molecule has 2 aliphatic heterocycles. The van der Waals surface area contributed by atoms with Crippen LogP contribution in [0.1, 0.15) is 47.5 Å². The van der Waals surface area contributed by atoms with E-state index in [0.29, 0.717) is 46.6 Å². The molecule has 6 rings (SSSR count). The molecule has 0 saturated carbocycles. The summed E-state index contributed by atoms with van der Waals surface area (Å²) >= 11 is 0. The number of hydrogen-bond acceptors (Lipinski definition) is 9. The first-order chi connectivity index (χ1) is 22.7. The highest BCUT2D eigenvalue weighted by atomic mass is 32.2. The largest absolute Gasteiger partial charge is 0.496 e. The van der Waals surface area contributed by atoms with Crippen molar-refractivity contribution in [1.82, 2.24) is 9.97 Å². The van der Waals surface area contributed by atoms with Crippen molar-refractivity contribution in [3.63, 3.8) is 0 Å². The van der Waals surface area contributed by atoms with E-state index in [9.17, 15) is 13.5 Å². The van der Waals surface area contributed by atoms with Crippen molar-refractivity contribution in [1.29, 1.82) is 0 Å². The molecular formula is C36H41N5O4S2. The van der Waals surface area contributed by atoms with E-state index in [1.807, 2.05) is 61.5 Å². The summed E-state index contributed by atoms with van der Waals surface area (Å²) in [5, 5.41) is 10.9. The number of anilines is 1. The lowest BCUT2D eigenvalue weighted by Gasteiger charge is -2.23. The van der Waals surface area contributed by atoms with Gasteiger partial charge in [-0.3, -0.25) is 18.4 Å². The van der Waals surface area contributed by atoms with Gasteiger partial charge >= 0.3 is 0 Å². The molecular weight excluding hydrogens is 631 g/mol. The Morgan fingerprint density at radius 3 is 2.19 bits per heavy atom. The molecule has 2 atom stereocenters. The van der Waals surface area contributed by atoms with Crippen LogP contribution in [0.4, 0.5) is 17.1 Å². The van der Waals surface area contributed by atoms with Crippen LogP contribution in [-0.2, 0) is 52.6 Å². The molecule has 11 heteroatoms. The van der Waals surface area contributed by atoms with Crippen molar-refractivity contribution < 1.29 is 18.3 Å². The summed E-state index contributed by atoms with van der Waals surface area (Å²) in [5.41, 5.74) is 8.31.